The second-order valence-electron chi connectivity index (χ2n) is 7.84. The van der Waals surface area contributed by atoms with Crippen molar-refractivity contribution in [1.82, 2.24) is 0 Å². The third kappa shape index (κ3) is 1.55. The molecule has 0 N–H and O–H groups in total. The molecule has 0 aromatic carbocycles. The molecule has 4 aliphatic rings. The van der Waals surface area contributed by atoms with Gasteiger partial charge < -0.3 is 4.74 Å². The number of hydrogen-bond acceptors (Lipinski definition) is 1. The van der Waals surface area contributed by atoms with E-state index in [2.05, 4.69) is 13.8 Å². The first-order chi connectivity index (χ1) is 8.75. The Morgan fingerprint density at radius 1 is 0.833 bits per heavy atom. The van der Waals surface area contributed by atoms with Crippen molar-refractivity contribution < 1.29 is 4.74 Å². The molecule has 3 saturated carbocycles. The second-order valence-corrected chi connectivity index (χ2v) is 7.84. The third-order valence-electron chi connectivity index (χ3n) is 6.97. The maximum Gasteiger partial charge on any atom is 0.0634 e. The van der Waals surface area contributed by atoms with Crippen LogP contribution in [-0.2, 0) is 4.74 Å². The molecule has 8 atom stereocenters. The Hall–Kier alpha value is -0.0400. The normalized spacial score (nSPS) is 59.0. The smallest absolute Gasteiger partial charge is 0.0634 e. The fraction of sp³-hybridized carbons (Fsp3) is 1.00. The first kappa shape index (κ1) is 11.8. The molecule has 102 valence electrons. The van der Waals surface area contributed by atoms with Gasteiger partial charge in [-0.3, -0.25) is 0 Å². The van der Waals surface area contributed by atoms with E-state index in [0.717, 1.165) is 48.0 Å². The first-order valence-corrected chi connectivity index (χ1v) is 8.37. The van der Waals surface area contributed by atoms with Crippen LogP contribution in [-0.4, -0.2) is 12.7 Å². The van der Waals surface area contributed by atoms with Gasteiger partial charge in [-0.1, -0.05) is 26.7 Å². The van der Waals surface area contributed by atoms with Crippen molar-refractivity contribution in [3.63, 3.8) is 0 Å². The Kier molecular flexibility index (Phi) is 2.76. The van der Waals surface area contributed by atoms with Crippen molar-refractivity contribution in [1.29, 1.82) is 0 Å². The quantitative estimate of drug-likeness (QED) is 0.626. The van der Waals surface area contributed by atoms with Crippen LogP contribution in [0.2, 0.25) is 0 Å². The maximum absolute atomic E-state index is 6.36. The molecule has 3 aliphatic carbocycles. The number of hydrogen-bond donors (Lipinski definition) is 0. The Labute approximate surface area is 112 Å². The minimum Gasteiger partial charge on any atom is -0.377 e. The Bertz CT molecular complexity index is 298. The van der Waals surface area contributed by atoms with Crippen molar-refractivity contribution in [3.8, 4) is 0 Å². The van der Waals surface area contributed by atoms with E-state index in [4.69, 9.17) is 4.74 Å². The van der Waals surface area contributed by atoms with Crippen LogP contribution in [0.25, 0.3) is 0 Å². The van der Waals surface area contributed by atoms with E-state index in [1.165, 1.54) is 38.5 Å². The van der Waals surface area contributed by atoms with Gasteiger partial charge in [0, 0.05) is 0 Å². The summed E-state index contributed by atoms with van der Waals surface area (Å²) in [7, 11) is 0. The van der Waals surface area contributed by atoms with E-state index < -0.39 is 0 Å². The molecule has 18 heavy (non-hydrogen) atoms. The highest BCUT2D eigenvalue weighted by Gasteiger charge is 2.55. The molecule has 0 aromatic heterocycles. The molecule has 1 nitrogen and oxygen atoms in total. The van der Waals surface area contributed by atoms with Gasteiger partial charge in [0.25, 0.3) is 0 Å². The van der Waals surface area contributed by atoms with Crippen LogP contribution >= 0.6 is 0 Å². The Morgan fingerprint density at radius 3 is 2.56 bits per heavy atom. The van der Waals surface area contributed by atoms with Crippen molar-refractivity contribution in [3.05, 3.63) is 0 Å². The van der Waals surface area contributed by atoms with Gasteiger partial charge in [0.05, 0.1) is 12.7 Å². The fourth-order valence-corrected chi connectivity index (χ4v) is 6.37. The Morgan fingerprint density at radius 2 is 1.67 bits per heavy atom. The summed E-state index contributed by atoms with van der Waals surface area (Å²) in [6, 6.07) is 0. The third-order valence-corrected chi connectivity index (χ3v) is 6.97. The van der Waals surface area contributed by atoms with E-state index in [-0.39, 0.29) is 0 Å². The lowest BCUT2D eigenvalue weighted by Crippen LogP contribution is -2.57. The van der Waals surface area contributed by atoms with Crippen molar-refractivity contribution in [2.24, 2.45) is 41.4 Å². The van der Waals surface area contributed by atoms with Gasteiger partial charge in [-0.15, -0.1) is 0 Å². The van der Waals surface area contributed by atoms with Gasteiger partial charge in [0.1, 0.15) is 0 Å². The van der Waals surface area contributed by atoms with Crippen molar-refractivity contribution >= 4 is 0 Å². The first-order valence-electron chi connectivity index (χ1n) is 8.37. The summed E-state index contributed by atoms with van der Waals surface area (Å²) >= 11 is 0. The topological polar surface area (TPSA) is 9.23 Å². The fourth-order valence-electron chi connectivity index (χ4n) is 6.37. The molecule has 1 saturated heterocycles. The molecule has 0 spiro atoms. The van der Waals surface area contributed by atoms with Crippen LogP contribution in [0.3, 0.4) is 0 Å². The van der Waals surface area contributed by atoms with Gasteiger partial charge in [-0.05, 0) is 67.1 Å². The number of rotatable bonds is 0. The molecule has 8 unspecified atom stereocenters. The second kappa shape index (κ2) is 4.23. The molecule has 0 bridgehead atoms. The van der Waals surface area contributed by atoms with Crippen LogP contribution in [0.1, 0.15) is 52.4 Å². The zero-order valence-corrected chi connectivity index (χ0v) is 12.0. The summed E-state index contributed by atoms with van der Waals surface area (Å²) in [6.45, 7) is 6.06. The molecule has 4 rings (SSSR count). The summed E-state index contributed by atoms with van der Waals surface area (Å²) in [5.74, 6) is 6.71. The zero-order chi connectivity index (χ0) is 12.3. The maximum atomic E-state index is 6.36. The summed E-state index contributed by atoms with van der Waals surface area (Å²) in [5, 5.41) is 0. The molecule has 4 fully saturated rings. The predicted octanol–water partition coefficient (Wildman–Crippen LogP) is 4.12. The minimum atomic E-state index is 0.619. The lowest BCUT2D eigenvalue weighted by atomic mass is 9.50. The summed E-state index contributed by atoms with van der Waals surface area (Å²) in [5.41, 5.74) is 0. The van der Waals surface area contributed by atoms with Crippen LogP contribution in [0.15, 0.2) is 0 Å². The van der Waals surface area contributed by atoms with Crippen molar-refractivity contribution in [2.75, 3.05) is 6.61 Å². The van der Waals surface area contributed by atoms with E-state index in [1.807, 2.05) is 0 Å². The highest BCUT2D eigenvalue weighted by Crippen LogP contribution is 2.58. The van der Waals surface area contributed by atoms with E-state index >= 15 is 0 Å². The van der Waals surface area contributed by atoms with Crippen molar-refractivity contribution in [2.45, 2.75) is 58.5 Å². The van der Waals surface area contributed by atoms with Gasteiger partial charge in [0.15, 0.2) is 0 Å². The molecule has 1 heterocycles. The largest absolute Gasteiger partial charge is 0.377 e. The summed E-state index contributed by atoms with van der Waals surface area (Å²) in [4.78, 5) is 0. The lowest BCUT2D eigenvalue weighted by molar-refractivity contribution is -0.199. The molecule has 0 amide bonds. The van der Waals surface area contributed by atoms with Gasteiger partial charge in [0.2, 0.25) is 0 Å². The average molecular weight is 248 g/mol. The lowest BCUT2D eigenvalue weighted by Gasteiger charge is -2.60. The minimum absolute atomic E-state index is 0.619. The zero-order valence-electron chi connectivity index (χ0n) is 12.0. The van der Waals surface area contributed by atoms with Crippen LogP contribution < -0.4 is 0 Å². The van der Waals surface area contributed by atoms with E-state index in [9.17, 15) is 0 Å². The molecule has 1 heteroatoms. The van der Waals surface area contributed by atoms with Gasteiger partial charge in [-0.25, -0.2) is 0 Å². The standard InChI is InChI=1S/C17H28O/c1-10-8-11(2)17-16-14(10)7-6-12-4-3-5-13(9-18-17)15(12)16/h10-17H,3-9H2,1-2H3. The van der Waals surface area contributed by atoms with Crippen LogP contribution in [0.4, 0.5) is 0 Å². The Balaban J connectivity index is 1.69. The SMILES string of the molecule is CC1CC(C)C2OCC3CCCC4CCC1C2C43. The molecular weight excluding hydrogens is 220 g/mol. The number of ether oxygens (including phenoxy) is 1. The summed E-state index contributed by atoms with van der Waals surface area (Å²) < 4.78 is 6.36. The van der Waals surface area contributed by atoms with Gasteiger partial charge >= 0.3 is 0 Å². The molecule has 1 aliphatic heterocycles. The molecule has 0 aromatic rings. The summed E-state index contributed by atoms with van der Waals surface area (Å²) in [6.07, 6.45) is 9.53. The predicted molar refractivity (Wildman–Crippen MR) is 73.2 cm³/mol. The molecular formula is C17H28O. The van der Waals surface area contributed by atoms with Crippen LogP contribution in [0.5, 0.6) is 0 Å². The van der Waals surface area contributed by atoms with Crippen LogP contribution in [0, 0.1) is 41.4 Å². The highest BCUT2D eigenvalue weighted by atomic mass is 16.5. The van der Waals surface area contributed by atoms with E-state index in [1.54, 1.807) is 0 Å². The monoisotopic (exact) mass is 248 g/mol. The van der Waals surface area contributed by atoms with Gasteiger partial charge in [-0.2, -0.15) is 0 Å². The molecule has 0 radical (unpaired) electrons. The highest BCUT2D eigenvalue weighted by molar-refractivity contribution is 5.03. The van der Waals surface area contributed by atoms with E-state index in [0.29, 0.717) is 6.10 Å². The average Bonchev–Trinajstić information content (AvgIpc) is 2.38.